The van der Waals surface area contributed by atoms with E-state index in [2.05, 4.69) is 5.32 Å². The zero-order chi connectivity index (χ0) is 30.2. The molecule has 0 fully saturated rings. The molecule has 1 N–H and O–H groups in total. The van der Waals surface area contributed by atoms with Gasteiger partial charge in [0.15, 0.2) is 11.5 Å². The summed E-state index contributed by atoms with van der Waals surface area (Å²) in [6, 6.07) is 15.6. The SMILES string of the molecule is CCNC(=O)[C@@H](CC)N(Cc1cccc(C)c1)C(=O)CN(c1ccc(F)cc1)S(=O)(=O)c1ccc(OC)c(OC)c1. The number of methoxy groups -OCH3 is 2. The van der Waals surface area contributed by atoms with Crippen molar-refractivity contribution >= 4 is 27.5 Å². The predicted octanol–water partition coefficient (Wildman–Crippen LogP) is 4.29. The van der Waals surface area contributed by atoms with Gasteiger partial charge < -0.3 is 19.7 Å². The first-order valence-electron chi connectivity index (χ1n) is 13.2. The summed E-state index contributed by atoms with van der Waals surface area (Å²) >= 11 is 0. The van der Waals surface area contributed by atoms with Crippen molar-refractivity contribution in [3.05, 3.63) is 83.7 Å². The van der Waals surface area contributed by atoms with Gasteiger partial charge in [0.1, 0.15) is 18.4 Å². The normalized spacial score (nSPS) is 11.9. The highest BCUT2D eigenvalue weighted by Crippen LogP contribution is 2.32. The van der Waals surface area contributed by atoms with Crippen LogP contribution in [0.4, 0.5) is 10.1 Å². The molecule has 1 atom stereocenters. The van der Waals surface area contributed by atoms with Gasteiger partial charge >= 0.3 is 0 Å². The average Bonchev–Trinajstić information content (AvgIpc) is 2.96. The maximum atomic E-state index is 14.0. The number of benzene rings is 3. The number of rotatable bonds is 13. The van der Waals surface area contributed by atoms with Gasteiger partial charge in [0.05, 0.1) is 24.8 Å². The lowest BCUT2D eigenvalue weighted by molar-refractivity contribution is -0.140. The lowest BCUT2D eigenvalue weighted by Crippen LogP contribution is -2.52. The molecule has 0 aromatic heterocycles. The highest BCUT2D eigenvalue weighted by molar-refractivity contribution is 7.92. The lowest BCUT2D eigenvalue weighted by atomic mass is 10.1. The zero-order valence-corrected chi connectivity index (χ0v) is 24.7. The van der Waals surface area contributed by atoms with Crippen molar-refractivity contribution in [3.63, 3.8) is 0 Å². The lowest BCUT2D eigenvalue weighted by Gasteiger charge is -2.33. The van der Waals surface area contributed by atoms with E-state index in [1.807, 2.05) is 31.2 Å². The third kappa shape index (κ3) is 7.55. The summed E-state index contributed by atoms with van der Waals surface area (Å²) in [6.07, 6.45) is 0.308. The minimum Gasteiger partial charge on any atom is -0.493 e. The van der Waals surface area contributed by atoms with E-state index < -0.39 is 34.3 Å². The van der Waals surface area contributed by atoms with Crippen LogP contribution in [0.2, 0.25) is 0 Å². The average molecular weight is 586 g/mol. The molecule has 0 heterocycles. The molecule has 3 aromatic carbocycles. The quantitative estimate of drug-likeness (QED) is 0.321. The van der Waals surface area contributed by atoms with Crippen molar-refractivity contribution in [2.75, 3.05) is 31.6 Å². The van der Waals surface area contributed by atoms with Gasteiger partial charge in [-0.1, -0.05) is 36.8 Å². The summed E-state index contributed by atoms with van der Waals surface area (Å²) in [5.74, 6) is -0.993. The second kappa shape index (κ2) is 14.0. The molecule has 0 bridgehead atoms. The molecule has 220 valence electrons. The van der Waals surface area contributed by atoms with E-state index in [1.54, 1.807) is 13.8 Å². The molecule has 0 saturated carbocycles. The van der Waals surface area contributed by atoms with Crippen LogP contribution >= 0.6 is 0 Å². The maximum absolute atomic E-state index is 14.0. The topological polar surface area (TPSA) is 105 Å². The monoisotopic (exact) mass is 585 g/mol. The number of ether oxygens (including phenoxy) is 2. The highest BCUT2D eigenvalue weighted by Gasteiger charge is 2.34. The van der Waals surface area contributed by atoms with Crippen molar-refractivity contribution in [1.82, 2.24) is 10.2 Å². The van der Waals surface area contributed by atoms with E-state index in [9.17, 15) is 22.4 Å². The van der Waals surface area contributed by atoms with Crippen molar-refractivity contribution in [2.45, 2.75) is 44.7 Å². The number of hydrogen-bond acceptors (Lipinski definition) is 6. The fourth-order valence-electron chi connectivity index (χ4n) is 4.46. The van der Waals surface area contributed by atoms with Crippen LogP contribution < -0.4 is 19.1 Å². The summed E-state index contributed by atoms with van der Waals surface area (Å²) in [7, 11) is -1.56. The van der Waals surface area contributed by atoms with Crippen molar-refractivity contribution in [2.24, 2.45) is 0 Å². The second-order valence-electron chi connectivity index (χ2n) is 9.33. The summed E-state index contributed by atoms with van der Waals surface area (Å²) in [6.45, 7) is 5.31. The van der Waals surface area contributed by atoms with Crippen molar-refractivity contribution < 1.29 is 31.9 Å². The van der Waals surface area contributed by atoms with Gasteiger partial charge in [-0.15, -0.1) is 0 Å². The predicted molar refractivity (Wildman–Crippen MR) is 155 cm³/mol. The van der Waals surface area contributed by atoms with Gasteiger partial charge in [-0.25, -0.2) is 12.8 Å². The fourth-order valence-corrected chi connectivity index (χ4v) is 5.89. The number of aryl methyl sites for hydroxylation is 1. The number of anilines is 1. The first-order chi connectivity index (χ1) is 19.5. The number of amides is 2. The van der Waals surface area contributed by atoms with Crippen LogP contribution in [0.15, 0.2) is 71.6 Å². The number of carbonyl (C=O) groups is 2. The number of likely N-dealkylation sites (N-methyl/N-ethyl adjacent to an activating group) is 1. The Balaban J connectivity index is 2.09. The van der Waals surface area contributed by atoms with Gasteiger partial charge in [-0.2, -0.15) is 0 Å². The molecule has 0 unspecified atom stereocenters. The summed E-state index contributed by atoms with van der Waals surface area (Å²) < 4.78 is 53.3. The van der Waals surface area contributed by atoms with Gasteiger partial charge in [-0.3, -0.25) is 13.9 Å². The molecule has 0 aliphatic rings. The Kier molecular flexibility index (Phi) is 10.7. The molecule has 0 aliphatic carbocycles. The standard InChI is InChI=1S/C30H36FN3O6S/c1-6-26(30(36)32-7-2)33(19-22-10-8-9-21(3)17-22)29(35)20-34(24-13-11-23(31)12-14-24)41(37,38)25-15-16-27(39-4)28(18-25)40-5/h8-18,26H,6-7,19-20H2,1-5H3,(H,32,36)/t26-/m1/s1. The third-order valence-electron chi connectivity index (χ3n) is 6.51. The Morgan fingerprint density at radius 2 is 1.63 bits per heavy atom. The van der Waals surface area contributed by atoms with Crippen LogP contribution in [0.5, 0.6) is 11.5 Å². The van der Waals surface area contributed by atoms with Gasteiger partial charge in [0.2, 0.25) is 11.8 Å². The Morgan fingerprint density at radius 1 is 0.951 bits per heavy atom. The van der Waals surface area contributed by atoms with Crippen LogP contribution in [-0.4, -0.2) is 58.5 Å². The number of carbonyl (C=O) groups excluding carboxylic acids is 2. The number of nitrogens with zero attached hydrogens (tertiary/aromatic N) is 2. The van der Waals surface area contributed by atoms with E-state index in [-0.39, 0.29) is 28.8 Å². The Morgan fingerprint density at radius 3 is 2.22 bits per heavy atom. The van der Waals surface area contributed by atoms with Crippen LogP contribution in [-0.2, 0) is 26.2 Å². The van der Waals surface area contributed by atoms with E-state index in [0.717, 1.165) is 27.6 Å². The minimum atomic E-state index is -4.37. The first kappa shape index (κ1) is 31.4. The van der Waals surface area contributed by atoms with Crippen LogP contribution in [0.3, 0.4) is 0 Å². The van der Waals surface area contributed by atoms with Gasteiger partial charge in [0, 0.05) is 19.2 Å². The number of halogens is 1. The molecule has 0 spiro atoms. The molecule has 11 heteroatoms. The van der Waals surface area contributed by atoms with E-state index in [1.165, 1.54) is 49.5 Å². The molecule has 3 rings (SSSR count). The Labute approximate surface area is 240 Å². The highest BCUT2D eigenvalue weighted by atomic mass is 32.2. The molecule has 2 amide bonds. The van der Waals surface area contributed by atoms with E-state index >= 15 is 0 Å². The second-order valence-corrected chi connectivity index (χ2v) is 11.2. The maximum Gasteiger partial charge on any atom is 0.264 e. The van der Waals surface area contributed by atoms with Gasteiger partial charge in [0.25, 0.3) is 10.0 Å². The molecule has 9 nitrogen and oxygen atoms in total. The van der Waals surface area contributed by atoms with Crippen molar-refractivity contribution in [1.29, 1.82) is 0 Å². The van der Waals surface area contributed by atoms with Crippen LogP contribution in [0.25, 0.3) is 0 Å². The molecule has 0 radical (unpaired) electrons. The number of sulfonamides is 1. The third-order valence-corrected chi connectivity index (χ3v) is 8.28. The molecule has 0 saturated heterocycles. The molecule has 3 aromatic rings. The summed E-state index contributed by atoms with van der Waals surface area (Å²) in [5.41, 5.74) is 1.85. The van der Waals surface area contributed by atoms with Crippen molar-refractivity contribution in [3.8, 4) is 11.5 Å². The smallest absolute Gasteiger partial charge is 0.264 e. The minimum absolute atomic E-state index is 0.0797. The molecular formula is C30H36FN3O6S. The molecular weight excluding hydrogens is 549 g/mol. The van der Waals surface area contributed by atoms with Crippen LogP contribution in [0, 0.1) is 12.7 Å². The van der Waals surface area contributed by atoms with Gasteiger partial charge in [-0.05, 0) is 62.2 Å². The Hall–Kier alpha value is -4.12. The first-order valence-corrected chi connectivity index (χ1v) is 14.6. The largest absolute Gasteiger partial charge is 0.493 e. The Bertz CT molecular complexity index is 1460. The zero-order valence-electron chi connectivity index (χ0n) is 23.9. The number of hydrogen-bond donors (Lipinski definition) is 1. The van der Waals surface area contributed by atoms with E-state index in [0.29, 0.717) is 18.7 Å². The summed E-state index contributed by atoms with van der Waals surface area (Å²) in [4.78, 5) is 28.3. The fraction of sp³-hybridized carbons (Fsp3) is 0.333. The van der Waals surface area contributed by atoms with E-state index in [4.69, 9.17) is 9.47 Å². The summed E-state index contributed by atoms with van der Waals surface area (Å²) in [5, 5.41) is 2.77. The molecule has 0 aliphatic heterocycles. The van der Waals surface area contributed by atoms with Crippen LogP contribution in [0.1, 0.15) is 31.4 Å². The number of nitrogens with one attached hydrogen (secondary N) is 1. The molecule has 41 heavy (non-hydrogen) atoms.